The van der Waals surface area contributed by atoms with Gasteiger partial charge in [0.2, 0.25) is 17.5 Å². The number of benzene rings is 2. The lowest BCUT2D eigenvalue weighted by atomic mass is 9.88. The minimum absolute atomic E-state index is 0.0810. The number of aromatic hydroxyl groups is 1. The highest BCUT2D eigenvalue weighted by Gasteiger charge is 2.30. The van der Waals surface area contributed by atoms with Gasteiger partial charge < -0.3 is 26.0 Å². The zero-order valence-electron chi connectivity index (χ0n) is 26.5. The van der Waals surface area contributed by atoms with Crippen molar-refractivity contribution in [1.82, 2.24) is 15.2 Å². The monoisotopic (exact) mass is 635 g/mol. The number of pyridine rings is 1. The Balaban J connectivity index is 0.983. The van der Waals surface area contributed by atoms with Crippen molar-refractivity contribution in [1.29, 1.82) is 5.41 Å². The van der Waals surface area contributed by atoms with E-state index in [4.69, 9.17) is 16.6 Å². The van der Waals surface area contributed by atoms with Gasteiger partial charge in [0.05, 0.1) is 5.56 Å². The minimum Gasteiger partial charge on any atom is -0.507 e. The summed E-state index contributed by atoms with van der Waals surface area (Å²) in [5.41, 5.74) is 10.5. The van der Waals surface area contributed by atoms with E-state index in [2.05, 4.69) is 43.6 Å². The van der Waals surface area contributed by atoms with Crippen molar-refractivity contribution in [3.8, 4) is 5.75 Å². The first-order valence-electron chi connectivity index (χ1n) is 16.4. The SMILES string of the molecule is N=C(N)/C(=C\C(=[NH2+])c1ccccc1O)c1ccc(N2CCC(N3CCC(c4ccc(NC5CCC(=O)NC5=O)nc4)CC3)CC2)cc1. The van der Waals surface area contributed by atoms with Gasteiger partial charge in [-0.15, -0.1) is 0 Å². The molecule has 2 amide bonds. The van der Waals surface area contributed by atoms with Crippen LogP contribution in [0.1, 0.15) is 61.1 Å². The number of phenolic OH excluding ortho intramolecular Hbond substituents is 1. The number of allylic oxidation sites excluding steroid dienone is 1. The van der Waals surface area contributed by atoms with Crippen LogP contribution in [0.5, 0.6) is 5.75 Å². The van der Waals surface area contributed by atoms with E-state index in [9.17, 15) is 14.7 Å². The summed E-state index contributed by atoms with van der Waals surface area (Å²) in [6.07, 6.45) is 8.81. The topological polar surface area (TPSA) is 173 Å². The van der Waals surface area contributed by atoms with Crippen LogP contribution in [0.15, 0.2) is 72.9 Å². The number of anilines is 2. The molecule has 0 radical (unpaired) electrons. The summed E-state index contributed by atoms with van der Waals surface area (Å²) < 4.78 is 0. The van der Waals surface area contributed by atoms with Gasteiger partial charge in [-0.05, 0) is 92.6 Å². The molecular weight excluding hydrogens is 592 g/mol. The molecule has 11 nitrogen and oxygen atoms in total. The Bertz CT molecular complexity index is 1650. The summed E-state index contributed by atoms with van der Waals surface area (Å²) in [5.74, 6) is 0.615. The molecule has 2 aromatic carbocycles. The van der Waals surface area contributed by atoms with Crippen molar-refractivity contribution in [2.75, 3.05) is 36.4 Å². The average molecular weight is 636 g/mol. The second-order valence-corrected chi connectivity index (χ2v) is 12.6. The van der Waals surface area contributed by atoms with Gasteiger partial charge in [-0.2, -0.15) is 0 Å². The number of likely N-dealkylation sites (tertiary alicyclic amines) is 1. The van der Waals surface area contributed by atoms with Gasteiger partial charge in [0.15, 0.2) is 0 Å². The third-order valence-corrected chi connectivity index (χ3v) is 9.68. The molecule has 3 aromatic rings. The zero-order valence-corrected chi connectivity index (χ0v) is 26.5. The predicted octanol–water partition coefficient (Wildman–Crippen LogP) is 2.42. The van der Waals surface area contributed by atoms with Crippen LogP contribution in [0.25, 0.3) is 5.57 Å². The molecule has 244 valence electrons. The molecule has 0 spiro atoms. The van der Waals surface area contributed by atoms with Gasteiger partial charge in [-0.1, -0.05) is 30.3 Å². The number of amidine groups is 1. The van der Waals surface area contributed by atoms with E-state index in [0.717, 1.165) is 63.1 Å². The van der Waals surface area contributed by atoms with Crippen LogP contribution in [0.2, 0.25) is 0 Å². The molecule has 0 bridgehead atoms. The number of nitrogens with zero attached hydrogens (tertiary/aromatic N) is 3. The summed E-state index contributed by atoms with van der Waals surface area (Å²) >= 11 is 0. The molecule has 47 heavy (non-hydrogen) atoms. The molecular formula is C36H43N8O3+. The van der Waals surface area contributed by atoms with E-state index in [-0.39, 0.29) is 23.4 Å². The third-order valence-electron chi connectivity index (χ3n) is 9.68. The summed E-state index contributed by atoms with van der Waals surface area (Å²) in [5, 5.41) is 30.1. The number of phenols is 1. The van der Waals surface area contributed by atoms with Crippen molar-refractivity contribution in [3.05, 3.63) is 89.6 Å². The Kier molecular flexibility index (Phi) is 9.63. The summed E-state index contributed by atoms with van der Waals surface area (Å²) in [7, 11) is 0. The van der Waals surface area contributed by atoms with E-state index in [0.29, 0.717) is 47.5 Å². The number of nitrogens with two attached hydrogens (primary N) is 2. The molecule has 3 saturated heterocycles. The Morgan fingerprint density at radius 2 is 1.70 bits per heavy atom. The lowest BCUT2D eigenvalue weighted by Crippen LogP contribution is -2.47. The number of piperidine rings is 3. The maximum atomic E-state index is 12.1. The first-order chi connectivity index (χ1) is 22.7. The number of amides is 2. The second-order valence-electron chi connectivity index (χ2n) is 12.6. The van der Waals surface area contributed by atoms with Gasteiger partial charge >= 0.3 is 0 Å². The highest BCUT2D eigenvalue weighted by atomic mass is 16.3. The van der Waals surface area contributed by atoms with Crippen molar-refractivity contribution < 1.29 is 20.1 Å². The van der Waals surface area contributed by atoms with Gasteiger partial charge in [0.25, 0.3) is 0 Å². The number of rotatable bonds is 9. The van der Waals surface area contributed by atoms with Crippen LogP contribution in [-0.4, -0.2) is 76.6 Å². The summed E-state index contributed by atoms with van der Waals surface area (Å²) in [6.45, 7) is 4.11. The van der Waals surface area contributed by atoms with Crippen molar-refractivity contribution in [3.63, 3.8) is 0 Å². The molecule has 1 unspecified atom stereocenters. The molecule has 3 fully saturated rings. The van der Waals surface area contributed by atoms with E-state index >= 15 is 0 Å². The molecule has 6 rings (SSSR count). The standard InChI is InChI=1S/C36H42N8O3/c37-30(28-3-1-2-4-32(28)45)21-29(35(38)39)24-5-8-26(9-6-24)44-19-15-27(16-20-44)43-17-13-23(14-18-43)25-7-11-33(40-22-25)41-31-10-12-34(46)42-36(31)47/h1-9,11,21-23,27,31,37,45H,10,12-20H2,(H3,38,39)(H,40,41)(H,42,46,47)/p+1/b29-21-,37-30?. The maximum absolute atomic E-state index is 12.1. The van der Waals surface area contributed by atoms with Crippen LogP contribution in [0.4, 0.5) is 11.5 Å². The third kappa shape index (κ3) is 7.52. The van der Waals surface area contributed by atoms with Gasteiger partial charge in [-0.3, -0.25) is 25.7 Å². The van der Waals surface area contributed by atoms with E-state index < -0.39 is 6.04 Å². The molecule has 3 aliphatic heterocycles. The number of hydrogen-bond acceptors (Lipinski definition) is 8. The fourth-order valence-electron chi connectivity index (χ4n) is 6.95. The molecule has 1 aromatic heterocycles. The lowest BCUT2D eigenvalue weighted by Gasteiger charge is -2.42. The quantitative estimate of drug-likeness (QED) is 0.118. The fourth-order valence-corrected chi connectivity index (χ4v) is 6.95. The van der Waals surface area contributed by atoms with Crippen LogP contribution in [-0.2, 0) is 9.59 Å². The minimum atomic E-state index is -0.428. The number of carbonyl (C=O) groups excluding carboxylic acids is 2. The molecule has 3 aliphatic rings. The number of aromatic nitrogens is 1. The van der Waals surface area contributed by atoms with Crippen LogP contribution >= 0.6 is 0 Å². The number of nitrogens with one attached hydrogen (secondary N) is 3. The maximum Gasteiger partial charge on any atom is 0.249 e. The number of hydrogen-bond donors (Lipinski definition) is 6. The van der Waals surface area contributed by atoms with E-state index in [1.807, 2.05) is 24.4 Å². The van der Waals surface area contributed by atoms with Crippen molar-refractivity contribution >= 4 is 40.4 Å². The Labute approximate surface area is 274 Å². The Morgan fingerprint density at radius 1 is 0.979 bits per heavy atom. The molecule has 8 N–H and O–H groups in total. The number of imide groups is 1. The first kappa shape index (κ1) is 31.9. The zero-order chi connectivity index (χ0) is 32.9. The predicted molar refractivity (Wildman–Crippen MR) is 183 cm³/mol. The molecule has 1 atom stereocenters. The fraction of sp³-hybridized carbons (Fsp3) is 0.361. The summed E-state index contributed by atoms with van der Waals surface area (Å²) in [4.78, 5) is 33.1. The molecule has 4 heterocycles. The number of para-hydroxylation sites is 1. The van der Waals surface area contributed by atoms with E-state index in [1.165, 1.54) is 5.56 Å². The smallest absolute Gasteiger partial charge is 0.249 e. The van der Waals surface area contributed by atoms with Gasteiger partial charge in [0, 0.05) is 49.1 Å². The van der Waals surface area contributed by atoms with Gasteiger partial charge in [0.1, 0.15) is 23.4 Å². The Morgan fingerprint density at radius 3 is 2.34 bits per heavy atom. The largest absolute Gasteiger partial charge is 0.507 e. The van der Waals surface area contributed by atoms with Crippen LogP contribution in [0, 0.1) is 5.41 Å². The normalized spacial score (nSPS) is 20.1. The average Bonchev–Trinajstić information content (AvgIpc) is 3.09. The van der Waals surface area contributed by atoms with E-state index in [1.54, 1.807) is 30.3 Å². The number of carbonyl (C=O) groups is 2. The molecule has 11 heteroatoms. The second kappa shape index (κ2) is 14.2. The Hall–Kier alpha value is -5.03. The van der Waals surface area contributed by atoms with Crippen molar-refractivity contribution in [2.45, 2.75) is 56.5 Å². The highest BCUT2D eigenvalue weighted by molar-refractivity contribution is 6.26. The molecule has 0 saturated carbocycles. The highest BCUT2D eigenvalue weighted by Crippen LogP contribution is 2.32. The van der Waals surface area contributed by atoms with Gasteiger partial charge in [-0.25, -0.2) is 4.98 Å². The molecule has 0 aliphatic carbocycles. The van der Waals surface area contributed by atoms with Crippen molar-refractivity contribution in [2.24, 2.45) is 5.73 Å². The van der Waals surface area contributed by atoms with Crippen LogP contribution < -0.4 is 26.7 Å². The van der Waals surface area contributed by atoms with Crippen LogP contribution in [0.3, 0.4) is 0 Å². The summed E-state index contributed by atoms with van der Waals surface area (Å²) in [6, 6.07) is 19.2. The first-order valence-corrected chi connectivity index (χ1v) is 16.4. The lowest BCUT2D eigenvalue weighted by molar-refractivity contribution is -0.133.